The minimum atomic E-state index is -0.637. The molecule has 0 aliphatic rings. The van der Waals surface area contributed by atoms with E-state index in [-0.39, 0.29) is 11.4 Å². The zero-order chi connectivity index (χ0) is 14.9. The van der Waals surface area contributed by atoms with Crippen LogP contribution >= 0.6 is 23.1 Å². The second kappa shape index (κ2) is 5.59. The first-order valence-electron chi connectivity index (χ1n) is 5.56. The van der Waals surface area contributed by atoms with Crippen LogP contribution in [0.3, 0.4) is 0 Å². The van der Waals surface area contributed by atoms with Crippen LogP contribution in [0.15, 0.2) is 34.1 Å². The molecule has 0 unspecified atom stereocenters. The average Bonchev–Trinajstić information content (AvgIpc) is 2.67. The highest BCUT2D eigenvalue weighted by Gasteiger charge is 2.21. The van der Waals surface area contributed by atoms with Gasteiger partial charge in [0.15, 0.2) is 0 Å². The van der Waals surface area contributed by atoms with Crippen molar-refractivity contribution in [2.45, 2.75) is 23.6 Å². The van der Waals surface area contributed by atoms with Crippen molar-refractivity contribution in [2.24, 2.45) is 0 Å². The van der Waals surface area contributed by atoms with Crippen molar-refractivity contribution in [1.29, 1.82) is 0 Å². The maximum Gasteiger partial charge on any atom is 0.290 e. The van der Waals surface area contributed by atoms with Crippen molar-refractivity contribution in [3.63, 3.8) is 0 Å². The molecule has 1 heterocycles. The Morgan fingerprint density at radius 1 is 1.05 bits per heavy atom. The van der Waals surface area contributed by atoms with Crippen molar-refractivity contribution in [2.75, 3.05) is 0 Å². The van der Waals surface area contributed by atoms with E-state index in [9.17, 15) is 20.2 Å². The molecule has 20 heavy (non-hydrogen) atoms. The Hall–Kier alpha value is -1.93. The van der Waals surface area contributed by atoms with Crippen LogP contribution < -0.4 is 0 Å². The Labute approximate surface area is 122 Å². The topological polar surface area (TPSA) is 86.3 Å². The summed E-state index contributed by atoms with van der Waals surface area (Å²) in [5, 5.41) is 21.7. The van der Waals surface area contributed by atoms with E-state index >= 15 is 0 Å². The number of nitro groups is 2. The molecule has 0 radical (unpaired) electrons. The highest BCUT2D eigenvalue weighted by molar-refractivity contribution is 7.99. The fraction of sp³-hybridized carbons (Fsp3) is 0.167. The lowest BCUT2D eigenvalue weighted by atomic mass is 10.3. The molecule has 0 aliphatic heterocycles. The van der Waals surface area contributed by atoms with Crippen molar-refractivity contribution >= 4 is 34.5 Å². The first-order valence-corrected chi connectivity index (χ1v) is 7.19. The molecule has 1 aromatic heterocycles. The highest BCUT2D eigenvalue weighted by atomic mass is 32.2. The molecule has 104 valence electrons. The third-order valence-electron chi connectivity index (χ3n) is 2.57. The summed E-state index contributed by atoms with van der Waals surface area (Å²) in [7, 11) is 0. The fourth-order valence-corrected chi connectivity index (χ4v) is 3.81. The standard InChI is InChI=1S/C12H10N2O4S2/c1-7-5-12(8(2)19-7)20-11-4-3-9(13(15)16)6-10(11)14(17)18/h3-6H,1-2H3. The molecule has 0 saturated carbocycles. The van der Waals surface area contributed by atoms with Crippen LogP contribution in [0.5, 0.6) is 0 Å². The van der Waals surface area contributed by atoms with Crippen molar-refractivity contribution in [3.05, 3.63) is 54.2 Å². The van der Waals surface area contributed by atoms with Gasteiger partial charge in [0.05, 0.1) is 20.8 Å². The lowest BCUT2D eigenvalue weighted by Gasteiger charge is -2.02. The van der Waals surface area contributed by atoms with Gasteiger partial charge in [0.1, 0.15) is 0 Å². The molecule has 0 N–H and O–H groups in total. The van der Waals surface area contributed by atoms with Gasteiger partial charge in [-0.3, -0.25) is 20.2 Å². The number of rotatable bonds is 4. The predicted octanol–water partition coefficient (Wildman–Crippen LogP) is 4.33. The lowest BCUT2D eigenvalue weighted by molar-refractivity contribution is -0.396. The van der Waals surface area contributed by atoms with Crippen LogP contribution in [0.1, 0.15) is 9.75 Å². The molecule has 6 nitrogen and oxygen atoms in total. The van der Waals surface area contributed by atoms with E-state index in [0.717, 1.165) is 20.7 Å². The van der Waals surface area contributed by atoms with Crippen molar-refractivity contribution < 1.29 is 9.85 Å². The van der Waals surface area contributed by atoms with Gasteiger partial charge in [-0.25, -0.2) is 0 Å². The number of nitro benzene ring substituents is 2. The summed E-state index contributed by atoms with van der Waals surface area (Å²) in [5.74, 6) is 0. The lowest BCUT2D eigenvalue weighted by Crippen LogP contribution is -1.94. The van der Waals surface area contributed by atoms with Gasteiger partial charge in [0.2, 0.25) is 0 Å². The molecule has 0 spiro atoms. The molecule has 0 atom stereocenters. The second-order valence-electron chi connectivity index (χ2n) is 4.05. The number of non-ortho nitro benzene ring substituents is 1. The molecule has 1 aromatic carbocycles. The quantitative estimate of drug-likeness (QED) is 0.619. The Morgan fingerprint density at radius 2 is 1.75 bits per heavy atom. The summed E-state index contributed by atoms with van der Waals surface area (Å²) in [4.78, 5) is 24.0. The zero-order valence-corrected chi connectivity index (χ0v) is 12.3. The Bertz CT molecular complexity index is 697. The SMILES string of the molecule is Cc1cc(Sc2ccc([N+](=O)[O-])cc2[N+](=O)[O-])c(C)s1. The minimum Gasteiger partial charge on any atom is -0.258 e. The largest absolute Gasteiger partial charge is 0.290 e. The second-order valence-corrected chi connectivity index (χ2v) is 6.59. The molecule has 2 aromatic rings. The molecule has 0 bridgehead atoms. The van der Waals surface area contributed by atoms with Crippen LogP contribution in [0.4, 0.5) is 11.4 Å². The van der Waals surface area contributed by atoms with E-state index in [1.54, 1.807) is 11.3 Å². The van der Waals surface area contributed by atoms with E-state index in [1.165, 1.54) is 23.9 Å². The third kappa shape index (κ3) is 2.97. The average molecular weight is 310 g/mol. The van der Waals surface area contributed by atoms with Crippen LogP contribution in [-0.2, 0) is 0 Å². The number of hydrogen-bond donors (Lipinski definition) is 0. The summed E-state index contributed by atoms with van der Waals surface area (Å²) in [5.41, 5.74) is -0.522. The van der Waals surface area contributed by atoms with E-state index in [2.05, 4.69) is 0 Å². The Kier molecular flexibility index (Phi) is 4.05. The van der Waals surface area contributed by atoms with Crippen LogP contribution in [0.25, 0.3) is 0 Å². The van der Waals surface area contributed by atoms with Gasteiger partial charge in [-0.1, -0.05) is 11.8 Å². The van der Waals surface area contributed by atoms with Gasteiger partial charge in [-0.05, 0) is 26.0 Å². The van der Waals surface area contributed by atoms with Crippen LogP contribution in [0.2, 0.25) is 0 Å². The van der Waals surface area contributed by atoms with E-state index in [0.29, 0.717) is 4.90 Å². The van der Waals surface area contributed by atoms with Gasteiger partial charge in [0.25, 0.3) is 11.4 Å². The summed E-state index contributed by atoms with van der Waals surface area (Å²) >= 11 is 2.87. The zero-order valence-electron chi connectivity index (χ0n) is 10.7. The maximum absolute atomic E-state index is 11.0. The molecule has 2 rings (SSSR count). The van der Waals surface area contributed by atoms with Crippen LogP contribution in [0, 0.1) is 34.1 Å². The van der Waals surface area contributed by atoms with Crippen LogP contribution in [-0.4, -0.2) is 9.85 Å². The fourth-order valence-electron chi connectivity index (χ4n) is 1.68. The molecule has 0 saturated heterocycles. The molecular weight excluding hydrogens is 300 g/mol. The molecule has 8 heteroatoms. The van der Waals surface area contributed by atoms with Gasteiger partial charge < -0.3 is 0 Å². The smallest absolute Gasteiger partial charge is 0.258 e. The number of aryl methyl sites for hydroxylation is 2. The number of benzene rings is 1. The van der Waals surface area contributed by atoms with Crippen molar-refractivity contribution in [1.82, 2.24) is 0 Å². The van der Waals surface area contributed by atoms with E-state index < -0.39 is 9.85 Å². The van der Waals surface area contributed by atoms with Gasteiger partial charge in [0, 0.05) is 20.7 Å². The summed E-state index contributed by atoms with van der Waals surface area (Å²) in [6.07, 6.45) is 0. The number of thiophene rings is 1. The van der Waals surface area contributed by atoms with Gasteiger partial charge in [-0.15, -0.1) is 11.3 Å². The van der Waals surface area contributed by atoms with E-state index in [4.69, 9.17) is 0 Å². The normalized spacial score (nSPS) is 10.5. The van der Waals surface area contributed by atoms with Gasteiger partial charge in [-0.2, -0.15) is 0 Å². The summed E-state index contributed by atoms with van der Waals surface area (Å²) in [6, 6.07) is 5.66. The monoisotopic (exact) mass is 310 g/mol. The molecular formula is C12H10N2O4S2. The predicted molar refractivity (Wildman–Crippen MR) is 77.7 cm³/mol. The number of hydrogen-bond acceptors (Lipinski definition) is 6. The minimum absolute atomic E-state index is 0.243. The van der Waals surface area contributed by atoms with Crippen molar-refractivity contribution in [3.8, 4) is 0 Å². The number of nitrogens with zero attached hydrogens (tertiary/aromatic N) is 2. The molecule has 0 fully saturated rings. The van der Waals surface area contributed by atoms with Gasteiger partial charge >= 0.3 is 0 Å². The summed E-state index contributed by atoms with van der Waals surface area (Å²) < 4.78 is 0. The highest BCUT2D eigenvalue weighted by Crippen LogP contribution is 2.40. The maximum atomic E-state index is 11.0. The third-order valence-corrected chi connectivity index (χ3v) is 4.87. The first kappa shape index (κ1) is 14.5. The Morgan fingerprint density at radius 3 is 2.25 bits per heavy atom. The van der Waals surface area contributed by atoms with E-state index in [1.807, 2.05) is 19.9 Å². The Balaban J connectivity index is 2.43. The summed E-state index contributed by atoms with van der Waals surface area (Å²) in [6.45, 7) is 3.91. The molecule has 0 amide bonds. The molecule has 0 aliphatic carbocycles. The first-order chi connectivity index (χ1) is 9.38.